The maximum atomic E-state index is 5.44. The zero-order chi connectivity index (χ0) is 15.5. The maximum absolute atomic E-state index is 5.44. The molecule has 0 aliphatic rings. The van der Waals surface area contributed by atoms with Crippen molar-refractivity contribution in [2.24, 2.45) is 0 Å². The van der Waals surface area contributed by atoms with E-state index in [0.29, 0.717) is 0 Å². The summed E-state index contributed by atoms with van der Waals surface area (Å²) in [7, 11) is 3.77. The second kappa shape index (κ2) is 6.05. The number of anilines is 1. The Morgan fingerprint density at radius 2 is 2.05 bits per heavy atom. The number of nitrogens with one attached hydrogen (secondary N) is 1. The van der Waals surface area contributed by atoms with E-state index >= 15 is 0 Å². The summed E-state index contributed by atoms with van der Waals surface area (Å²) < 4.78 is 5.44. The number of H-pyrrole nitrogens is 1. The summed E-state index contributed by atoms with van der Waals surface area (Å²) >= 11 is 0. The highest BCUT2D eigenvalue weighted by Gasteiger charge is 2.16. The number of benzene rings is 1. The number of aromatic amines is 1. The molecule has 1 aromatic carbocycles. The Morgan fingerprint density at radius 3 is 2.86 bits per heavy atom. The van der Waals surface area contributed by atoms with Crippen molar-refractivity contribution in [1.29, 1.82) is 0 Å². The number of fused-ring (bicyclic) bond motifs is 1. The molecule has 0 saturated heterocycles. The van der Waals surface area contributed by atoms with Crippen LogP contribution in [0.1, 0.15) is 12.5 Å². The fourth-order valence-corrected chi connectivity index (χ4v) is 2.68. The summed E-state index contributed by atoms with van der Waals surface area (Å²) in [5.74, 6) is 1.87. The zero-order valence-electron chi connectivity index (χ0n) is 13.1. The SMILES string of the molecule is COc1ccccc1CC(C)N(C)c1ncnc2[nH]ccc12. The van der Waals surface area contributed by atoms with Gasteiger partial charge in [-0.05, 0) is 31.0 Å². The molecule has 0 aliphatic heterocycles. The maximum Gasteiger partial charge on any atom is 0.142 e. The normalized spacial score (nSPS) is 12.3. The number of aromatic nitrogens is 3. The largest absolute Gasteiger partial charge is 0.496 e. The van der Waals surface area contributed by atoms with Crippen molar-refractivity contribution in [2.75, 3.05) is 19.1 Å². The van der Waals surface area contributed by atoms with Crippen LogP contribution in [0.4, 0.5) is 5.82 Å². The van der Waals surface area contributed by atoms with Crippen LogP contribution in [0.5, 0.6) is 5.75 Å². The van der Waals surface area contributed by atoms with Crippen LogP contribution in [0.15, 0.2) is 42.9 Å². The molecule has 0 bridgehead atoms. The molecular formula is C17H20N4O. The molecule has 3 aromatic rings. The van der Waals surface area contributed by atoms with Gasteiger partial charge in [-0.2, -0.15) is 0 Å². The van der Waals surface area contributed by atoms with E-state index in [1.165, 1.54) is 5.56 Å². The number of hydrogen-bond acceptors (Lipinski definition) is 4. The van der Waals surface area contributed by atoms with Gasteiger partial charge in [0.05, 0.1) is 12.5 Å². The highest BCUT2D eigenvalue weighted by molar-refractivity contribution is 5.87. The van der Waals surface area contributed by atoms with Gasteiger partial charge >= 0.3 is 0 Å². The predicted molar refractivity (Wildman–Crippen MR) is 88.5 cm³/mol. The van der Waals surface area contributed by atoms with Crippen molar-refractivity contribution in [1.82, 2.24) is 15.0 Å². The molecule has 1 atom stereocenters. The Hall–Kier alpha value is -2.56. The number of ether oxygens (including phenoxy) is 1. The molecule has 0 fully saturated rings. The molecule has 3 rings (SSSR count). The lowest BCUT2D eigenvalue weighted by Crippen LogP contribution is -2.31. The van der Waals surface area contributed by atoms with Gasteiger partial charge in [-0.3, -0.25) is 0 Å². The van der Waals surface area contributed by atoms with Gasteiger partial charge in [-0.1, -0.05) is 18.2 Å². The molecule has 0 saturated carbocycles. The lowest BCUT2D eigenvalue weighted by Gasteiger charge is -2.27. The summed E-state index contributed by atoms with van der Waals surface area (Å²) in [6, 6.07) is 10.4. The van der Waals surface area contributed by atoms with Crippen molar-refractivity contribution in [3.05, 3.63) is 48.4 Å². The molecule has 0 radical (unpaired) electrons. The molecule has 5 nitrogen and oxygen atoms in total. The molecule has 22 heavy (non-hydrogen) atoms. The quantitative estimate of drug-likeness (QED) is 0.786. The van der Waals surface area contributed by atoms with Crippen molar-refractivity contribution in [2.45, 2.75) is 19.4 Å². The lowest BCUT2D eigenvalue weighted by atomic mass is 10.0. The Morgan fingerprint density at radius 1 is 1.23 bits per heavy atom. The standard InChI is InChI=1S/C17H20N4O/c1-12(10-13-6-4-5-7-15(13)22-3)21(2)17-14-8-9-18-16(14)19-11-20-17/h4-9,11-12H,10H2,1-3H3,(H,18,19,20). The van der Waals surface area contributed by atoms with Crippen LogP contribution in [0, 0.1) is 0 Å². The van der Waals surface area contributed by atoms with Crippen LogP contribution >= 0.6 is 0 Å². The molecule has 5 heteroatoms. The Labute approximate surface area is 130 Å². The predicted octanol–water partition coefficient (Wildman–Crippen LogP) is 3.03. The molecule has 1 unspecified atom stereocenters. The molecule has 1 N–H and O–H groups in total. The summed E-state index contributed by atoms with van der Waals surface area (Å²) in [6.07, 6.45) is 4.37. The summed E-state index contributed by atoms with van der Waals surface area (Å²) in [6.45, 7) is 2.19. The van der Waals surface area contributed by atoms with E-state index < -0.39 is 0 Å². The van der Waals surface area contributed by atoms with Crippen LogP contribution < -0.4 is 9.64 Å². The monoisotopic (exact) mass is 296 g/mol. The van der Waals surface area contributed by atoms with Crippen molar-refractivity contribution in [3.8, 4) is 5.75 Å². The number of nitrogens with zero attached hydrogens (tertiary/aromatic N) is 3. The van der Waals surface area contributed by atoms with Gasteiger partial charge in [0.1, 0.15) is 23.5 Å². The lowest BCUT2D eigenvalue weighted by molar-refractivity contribution is 0.408. The fourth-order valence-electron chi connectivity index (χ4n) is 2.68. The van der Waals surface area contributed by atoms with Gasteiger partial charge in [-0.15, -0.1) is 0 Å². The number of likely N-dealkylation sites (N-methyl/N-ethyl adjacent to an activating group) is 1. The van der Waals surface area contributed by atoms with Gasteiger partial charge in [-0.25, -0.2) is 9.97 Å². The van der Waals surface area contributed by atoms with Crippen LogP contribution in [0.3, 0.4) is 0 Å². The van der Waals surface area contributed by atoms with Crippen LogP contribution in [-0.4, -0.2) is 35.2 Å². The smallest absolute Gasteiger partial charge is 0.142 e. The Balaban J connectivity index is 1.85. The second-order valence-corrected chi connectivity index (χ2v) is 5.41. The number of rotatable bonds is 5. The third-order valence-corrected chi connectivity index (χ3v) is 4.04. The summed E-state index contributed by atoms with van der Waals surface area (Å²) in [5.41, 5.74) is 2.06. The molecular weight excluding hydrogens is 276 g/mol. The molecule has 2 aromatic heterocycles. The minimum atomic E-state index is 0.282. The summed E-state index contributed by atoms with van der Waals surface area (Å²) in [5, 5.41) is 1.04. The molecule has 0 spiro atoms. The van der Waals surface area contributed by atoms with E-state index in [1.54, 1.807) is 13.4 Å². The molecule has 0 aliphatic carbocycles. The van der Waals surface area contributed by atoms with Crippen molar-refractivity contribution < 1.29 is 4.74 Å². The van der Waals surface area contributed by atoms with E-state index in [9.17, 15) is 0 Å². The average molecular weight is 296 g/mol. The molecule has 0 amide bonds. The van der Waals surface area contributed by atoms with Crippen LogP contribution in [0.25, 0.3) is 11.0 Å². The fraction of sp³-hybridized carbons (Fsp3) is 0.294. The second-order valence-electron chi connectivity index (χ2n) is 5.41. The first-order valence-electron chi connectivity index (χ1n) is 7.33. The van der Waals surface area contributed by atoms with Gasteiger partial charge in [0.25, 0.3) is 0 Å². The van der Waals surface area contributed by atoms with Crippen molar-refractivity contribution >= 4 is 16.9 Å². The zero-order valence-corrected chi connectivity index (χ0v) is 13.1. The highest BCUT2D eigenvalue weighted by Crippen LogP contribution is 2.25. The minimum absolute atomic E-state index is 0.282. The van der Waals surface area contributed by atoms with E-state index in [1.807, 2.05) is 30.5 Å². The minimum Gasteiger partial charge on any atom is -0.496 e. The van der Waals surface area contributed by atoms with Crippen LogP contribution in [-0.2, 0) is 6.42 Å². The summed E-state index contributed by atoms with van der Waals surface area (Å²) in [4.78, 5) is 14.0. The van der Waals surface area contributed by atoms with Gasteiger partial charge < -0.3 is 14.6 Å². The third kappa shape index (κ3) is 2.62. The number of hydrogen-bond donors (Lipinski definition) is 1. The first kappa shape index (κ1) is 14.4. The Bertz CT molecular complexity index is 768. The third-order valence-electron chi connectivity index (χ3n) is 4.04. The first-order chi connectivity index (χ1) is 10.7. The molecule has 114 valence electrons. The van der Waals surface area contributed by atoms with Crippen molar-refractivity contribution in [3.63, 3.8) is 0 Å². The van der Waals surface area contributed by atoms with Gasteiger partial charge in [0, 0.05) is 19.3 Å². The van der Waals surface area contributed by atoms with Gasteiger partial charge in [0.15, 0.2) is 0 Å². The molecule has 2 heterocycles. The number of methoxy groups -OCH3 is 1. The van der Waals surface area contributed by atoms with E-state index in [-0.39, 0.29) is 6.04 Å². The first-order valence-corrected chi connectivity index (χ1v) is 7.33. The van der Waals surface area contributed by atoms with Crippen LogP contribution in [0.2, 0.25) is 0 Å². The Kier molecular flexibility index (Phi) is 3.96. The van der Waals surface area contributed by atoms with E-state index in [4.69, 9.17) is 4.74 Å². The number of para-hydroxylation sites is 1. The van der Waals surface area contributed by atoms with E-state index in [0.717, 1.165) is 29.0 Å². The topological polar surface area (TPSA) is 54.0 Å². The average Bonchev–Trinajstić information content (AvgIpc) is 3.03. The van der Waals surface area contributed by atoms with Gasteiger partial charge in [0.2, 0.25) is 0 Å². The van der Waals surface area contributed by atoms with E-state index in [2.05, 4.69) is 39.9 Å². The highest BCUT2D eigenvalue weighted by atomic mass is 16.5.